The Kier molecular flexibility index (Phi) is 6.48. The van der Waals surface area contributed by atoms with E-state index in [1.807, 2.05) is 36.2 Å². The van der Waals surface area contributed by atoms with E-state index in [0.29, 0.717) is 37.8 Å². The summed E-state index contributed by atoms with van der Waals surface area (Å²) < 4.78 is 26.8. The minimum Gasteiger partial charge on any atom is -0.345 e. The molecule has 0 unspecified atom stereocenters. The van der Waals surface area contributed by atoms with Crippen molar-refractivity contribution in [2.75, 3.05) is 43.4 Å². The van der Waals surface area contributed by atoms with E-state index < -0.39 is 17.7 Å². The lowest BCUT2D eigenvalue weighted by Gasteiger charge is -2.34. The molecule has 0 bridgehead atoms. The van der Waals surface area contributed by atoms with Crippen molar-refractivity contribution in [2.24, 2.45) is 0 Å². The summed E-state index contributed by atoms with van der Waals surface area (Å²) in [6.45, 7) is 1.33. The number of halogens is 2. The number of pyridine rings is 1. The number of carbonyl (C=O) groups is 2. The number of benzene rings is 2. The van der Waals surface area contributed by atoms with Crippen LogP contribution in [-0.2, 0) is 0 Å². The van der Waals surface area contributed by atoms with Gasteiger partial charge in [-0.2, -0.15) is 0 Å². The molecule has 1 saturated heterocycles. The summed E-state index contributed by atoms with van der Waals surface area (Å²) in [6.07, 6.45) is 3.44. The van der Waals surface area contributed by atoms with Gasteiger partial charge in [0.1, 0.15) is 11.6 Å². The molecule has 3 amide bonds. The molecule has 2 heterocycles. The van der Waals surface area contributed by atoms with E-state index in [2.05, 4.69) is 10.3 Å². The SMILES string of the molecule is CN(c1ccncc1)c1ccc(C(=O)N2CCN(C(=O)Nc3ccc(F)cc3F)CC2)cc1. The molecule has 0 aliphatic carbocycles. The molecule has 9 heteroatoms. The topological polar surface area (TPSA) is 68.8 Å². The van der Waals surface area contributed by atoms with Crippen LogP contribution in [0.2, 0.25) is 0 Å². The van der Waals surface area contributed by atoms with Crippen LogP contribution in [0.25, 0.3) is 0 Å². The highest BCUT2D eigenvalue weighted by atomic mass is 19.1. The molecule has 33 heavy (non-hydrogen) atoms. The lowest BCUT2D eigenvalue weighted by molar-refractivity contribution is 0.0671. The number of anilines is 3. The molecule has 1 fully saturated rings. The second-order valence-corrected chi connectivity index (χ2v) is 7.64. The van der Waals surface area contributed by atoms with Crippen molar-refractivity contribution in [1.29, 1.82) is 0 Å². The van der Waals surface area contributed by atoms with Crippen LogP contribution in [-0.4, -0.2) is 59.9 Å². The molecule has 0 radical (unpaired) electrons. The number of nitrogens with one attached hydrogen (secondary N) is 1. The number of urea groups is 1. The van der Waals surface area contributed by atoms with E-state index in [9.17, 15) is 18.4 Å². The summed E-state index contributed by atoms with van der Waals surface area (Å²) in [5.41, 5.74) is 2.40. The average molecular weight is 451 g/mol. The predicted octanol–water partition coefficient (Wildman–Crippen LogP) is 4.12. The van der Waals surface area contributed by atoms with Crippen LogP contribution in [0.5, 0.6) is 0 Å². The smallest absolute Gasteiger partial charge is 0.322 e. The van der Waals surface area contributed by atoms with Gasteiger partial charge >= 0.3 is 6.03 Å². The lowest BCUT2D eigenvalue weighted by Crippen LogP contribution is -2.51. The summed E-state index contributed by atoms with van der Waals surface area (Å²) >= 11 is 0. The molecule has 0 atom stereocenters. The normalized spacial score (nSPS) is 13.5. The fourth-order valence-electron chi connectivity index (χ4n) is 3.62. The Bertz CT molecular complexity index is 1130. The van der Waals surface area contributed by atoms with Gasteiger partial charge in [-0.15, -0.1) is 0 Å². The molecule has 0 spiro atoms. The van der Waals surface area contributed by atoms with Gasteiger partial charge in [0.15, 0.2) is 0 Å². The van der Waals surface area contributed by atoms with Crippen LogP contribution in [0, 0.1) is 11.6 Å². The van der Waals surface area contributed by atoms with Crippen LogP contribution in [0.3, 0.4) is 0 Å². The third-order valence-corrected chi connectivity index (χ3v) is 5.58. The number of aromatic nitrogens is 1. The van der Waals surface area contributed by atoms with Crippen LogP contribution in [0.1, 0.15) is 10.4 Å². The quantitative estimate of drug-likeness (QED) is 0.648. The predicted molar refractivity (Wildman–Crippen MR) is 122 cm³/mol. The van der Waals surface area contributed by atoms with Crippen molar-refractivity contribution in [3.63, 3.8) is 0 Å². The lowest BCUT2D eigenvalue weighted by atomic mass is 10.1. The maximum atomic E-state index is 13.8. The molecule has 1 aliphatic heterocycles. The Morgan fingerprint density at radius 1 is 0.879 bits per heavy atom. The third kappa shape index (κ3) is 5.08. The first kappa shape index (κ1) is 22.2. The molecule has 4 rings (SSSR count). The first-order valence-corrected chi connectivity index (χ1v) is 10.5. The van der Waals surface area contributed by atoms with Gasteiger partial charge in [-0.3, -0.25) is 9.78 Å². The number of nitrogens with zero attached hydrogens (tertiary/aromatic N) is 4. The fraction of sp³-hybridized carbons (Fsp3) is 0.208. The second kappa shape index (κ2) is 9.64. The molecule has 0 saturated carbocycles. The first-order valence-electron chi connectivity index (χ1n) is 10.5. The summed E-state index contributed by atoms with van der Waals surface area (Å²) in [5, 5.41) is 2.45. The molecular formula is C24H23F2N5O2. The monoisotopic (exact) mass is 451 g/mol. The van der Waals surface area contributed by atoms with Gasteiger partial charge in [-0.05, 0) is 48.5 Å². The number of rotatable bonds is 4. The number of carbonyl (C=O) groups excluding carboxylic acids is 2. The molecule has 7 nitrogen and oxygen atoms in total. The number of piperazine rings is 1. The van der Waals surface area contributed by atoms with Gasteiger partial charge in [0.25, 0.3) is 5.91 Å². The van der Waals surface area contributed by atoms with Gasteiger partial charge in [-0.25, -0.2) is 13.6 Å². The minimum atomic E-state index is -0.838. The Hall–Kier alpha value is -4.01. The van der Waals surface area contributed by atoms with E-state index in [4.69, 9.17) is 0 Å². The zero-order valence-corrected chi connectivity index (χ0v) is 18.0. The zero-order chi connectivity index (χ0) is 23.4. The maximum Gasteiger partial charge on any atom is 0.322 e. The van der Waals surface area contributed by atoms with Crippen molar-refractivity contribution in [3.05, 3.63) is 84.2 Å². The second-order valence-electron chi connectivity index (χ2n) is 7.64. The molecule has 1 aromatic heterocycles. The molecule has 1 N–H and O–H groups in total. The van der Waals surface area contributed by atoms with Crippen LogP contribution in [0.15, 0.2) is 67.0 Å². The molecule has 170 valence electrons. The zero-order valence-electron chi connectivity index (χ0n) is 18.0. The Morgan fingerprint density at radius 3 is 2.12 bits per heavy atom. The van der Waals surface area contributed by atoms with Crippen LogP contribution < -0.4 is 10.2 Å². The first-order chi connectivity index (χ1) is 15.9. The molecule has 2 aromatic carbocycles. The number of hydrogen-bond donors (Lipinski definition) is 1. The van der Waals surface area contributed by atoms with Gasteiger partial charge in [-0.1, -0.05) is 0 Å². The third-order valence-electron chi connectivity index (χ3n) is 5.58. The maximum absolute atomic E-state index is 13.8. The number of amides is 3. The van der Waals surface area contributed by atoms with E-state index in [1.54, 1.807) is 29.4 Å². The van der Waals surface area contributed by atoms with Crippen molar-refractivity contribution >= 4 is 29.0 Å². The van der Waals surface area contributed by atoms with Crippen LogP contribution >= 0.6 is 0 Å². The van der Waals surface area contributed by atoms with Gasteiger partial charge in [0, 0.05) is 68.6 Å². The highest BCUT2D eigenvalue weighted by molar-refractivity contribution is 5.95. The number of hydrogen-bond acceptors (Lipinski definition) is 4. The van der Waals surface area contributed by atoms with Crippen molar-refractivity contribution < 1.29 is 18.4 Å². The van der Waals surface area contributed by atoms with Crippen molar-refractivity contribution in [3.8, 4) is 0 Å². The average Bonchev–Trinajstić information content (AvgIpc) is 2.85. The van der Waals surface area contributed by atoms with E-state index in [0.717, 1.165) is 17.4 Å². The standard InChI is InChI=1S/C24H23F2N5O2/c1-29(20-8-10-27-11-9-20)19-5-2-17(3-6-19)23(32)30-12-14-31(15-13-30)24(33)28-22-7-4-18(25)16-21(22)26/h2-11,16H,12-15H2,1H3,(H,28,33). The summed E-state index contributed by atoms with van der Waals surface area (Å²) in [4.78, 5) is 34.5. The molecule has 1 aliphatic rings. The summed E-state index contributed by atoms with van der Waals surface area (Å²) in [5.74, 6) is -1.66. The highest BCUT2D eigenvalue weighted by Gasteiger charge is 2.25. The minimum absolute atomic E-state index is 0.0864. The van der Waals surface area contributed by atoms with Crippen molar-refractivity contribution in [1.82, 2.24) is 14.8 Å². The van der Waals surface area contributed by atoms with Crippen LogP contribution in [0.4, 0.5) is 30.6 Å². The van der Waals surface area contributed by atoms with Gasteiger partial charge in [0.05, 0.1) is 5.69 Å². The van der Waals surface area contributed by atoms with Gasteiger partial charge < -0.3 is 20.0 Å². The fourth-order valence-corrected chi connectivity index (χ4v) is 3.62. The summed E-state index contributed by atoms with van der Waals surface area (Å²) in [7, 11) is 1.94. The van der Waals surface area contributed by atoms with Gasteiger partial charge in [0.2, 0.25) is 0 Å². The molecule has 3 aromatic rings. The van der Waals surface area contributed by atoms with E-state index in [-0.39, 0.29) is 11.6 Å². The Morgan fingerprint density at radius 2 is 1.48 bits per heavy atom. The van der Waals surface area contributed by atoms with Crippen molar-refractivity contribution in [2.45, 2.75) is 0 Å². The highest BCUT2D eigenvalue weighted by Crippen LogP contribution is 2.23. The van der Waals surface area contributed by atoms with E-state index >= 15 is 0 Å². The van der Waals surface area contributed by atoms with E-state index in [1.165, 1.54) is 11.0 Å². The Labute approximate surface area is 190 Å². The largest absolute Gasteiger partial charge is 0.345 e. The molecular weight excluding hydrogens is 428 g/mol. The summed E-state index contributed by atoms with van der Waals surface area (Å²) in [6, 6.07) is 13.6. The Balaban J connectivity index is 1.33.